The van der Waals surface area contributed by atoms with Gasteiger partial charge in [0.1, 0.15) is 5.76 Å². The van der Waals surface area contributed by atoms with Crippen LogP contribution in [0, 0.1) is 0 Å². The van der Waals surface area contributed by atoms with E-state index in [1.54, 1.807) is 6.26 Å². The second-order valence-electron chi connectivity index (χ2n) is 5.62. The molecule has 1 unspecified atom stereocenters. The van der Waals surface area contributed by atoms with Crippen molar-refractivity contribution in [2.24, 2.45) is 0 Å². The number of nitrogens with one attached hydrogen (secondary N) is 1. The first kappa shape index (κ1) is 13.2. The Morgan fingerprint density at radius 3 is 2.95 bits per heavy atom. The molecule has 4 nitrogen and oxygen atoms in total. The summed E-state index contributed by atoms with van der Waals surface area (Å²) in [4.78, 5) is 2.53. The highest BCUT2D eigenvalue weighted by atomic mass is 16.5. The van der Waals surface area contributed by atoms with Gasteiger partial charge in [-0.2, -0.15) is 0 Å². The van der Waals surface area contributed by atoms with E-state index in [9.17, 15) is 0 Å². The van der Waals surface area contributed by atoms with Gasteiger partial charge < -0.3 is 14.5 Å². The first-order valence-electron chi connectivity index (χ1n) is 7.50. The quantitative estimate of drug-likeness (QED) is 0.729. The zero-order chi connectivity index (χ0) is 12.9. The largest absolute Gasteiger partial charge is 0.468 e. The lowest BCUT2D eigenvalue weighted by Gasteiger charge is -2.21. The summed E-state index contributed by atoms with van der Waals surface area (Å²) in [5, 5.41) is 3.52. The third-order valence-corrected chi connectivity index (χ3v) is 3.97. The molecule has 2 fully saturated rings. The van der Waals surface area contributed by atoms with Crippen molar-refractivity contribution in [2.45, 2.75) is 44.4 Å². The van der Waals surface area contributed by atoms with Gasteiger partial charge in [0.25, 0.3) is 0 Å². The molecular formula is C15H24N2O2. The van der Waals surface area contributed by atoms with Crippen LogP contribution in [0.5, 0.6) is 0 Å². The van der Waals surface area contributed by atoms with Crippen molar-refractivity contribution in [3.63, 3.8) is 0 Å². The van der Waals surface area contributed by atoms with Crippen LogP contribution in [0.3, 0.4) is 0 Å². The fourth-order valence-electron chi connectivity index (χ4n) is 2.72. The maximum absolute atomic E-state index is 5.61. The fraction of sp³-hybridized carbons (Fsp3) is 0.733. The van der Waals surface area contributed by atoms with E-state index in [0.29, 0.717) is 6.10 Å². The Labute approximate surface area is 115 Å². The average Bonchev–Trinajstić information content (AvgIpc) is 2.92. The van der Waals surface area contributed by atoms with Gasteiger partial charge in [-0.1, -0.05) is 0 Å². The van der Waals surface area contributed by atoms with Crippen LogP contribution in [0.1, 0.15) is 31.4 Å². The first-order valence-corrected chi connectivity index (χ1v) is 7.50. The first-order chi connectivity index (χ1) is 9.42. The Morgan fingerprint density at radius 1 is 1.32 bits per heavy atom. The number of rotatable bonds is 8. The lowest BCUT2D eigenvalue weighted by Crippen LogP contribution is -2.36. The van der Waals surface area contributed by atoms with Gasteiger partial charge in [-0.25, -0.2) is 0 Å². The maximum atomic E-state index is 5.61. The predicted molar refractivity (Wildman–Crippen MR) is 74.0 cm³/mol. The summed E-state index contributed by atoms with van der Waals surface area (Å²) in [6.07, 6.45) is 7.32. The molecule has 1 aromatic rings. The molecule has 1 aromatic heterocycles. The molecule has 2 aliphatic rings. The van der Waals surface area contributed by atoms with Gasteiger partial charge >= 0.3 is 0 Å². The van der Waals surface area contributed by atoms with E-state index in [-0.39, 0.29) is 0 Å². The summed E-state index contributed by atoms with van der Waals surface area (Å²) in [5.41, 5.74) is 0. The Kier molecular flexibility index (Phi) is 4.53. The zero-order valence-corrected chi connectivity index (χ0v) is 11.5. The molecule has 1 aliphatic carbocycles. The van der Waals surface area contributed by atoms with E-state index in [1.165, 1.54) is 25.7 Å². The smallest absolute Gasteiger partial charge is 0.117 e. The Balaban J connectivity index is 1.36. The van der Waals surface area contributed by atoms with Crippen LogP contribution in [0.25, 0.3) is 0 Å². The molecule has 1 N–H and O–H groups in total. The maximum Gasteiger partial charge on any atom is 0.117 e. The van der Waals surface area contributed by atoms with Crippen molar-refractivity contribution in [1.82, 2.24) is 10.2 Å². The van der Waals surface area contributed by atoms with E-state index < -0.39 is 0 Å². The van der Waals surface area contributed by atoms with E-state index in [2.05, 4.69) is 16.3 Å². The topological polar surface area (TPSA) is 37.6 Å². The van der Waals surface area contributed by atoms with Crippen LogP contribution in [0.4, 0.5) is 0 Å². The van der Waals surface area contributed by atoms with Crippen LogP contribution in [0.15, 0.2) is 22.8 Å². The lowest BCUT2D eigenvalue weighted by atomic mass is 10.2. The highest BCUT2D eigenvalue weighted by molar-refractivity contribution is 4.99. The van der Waals surface area contributed by atoms with E-state index in [1.807, 2.05) is 6.07 Å². The van der Waals surface area contributed by atoms with Crippen LogP contribution in [-0.4, -0.2) is 43.3 Å². The molecule has 0 bridgehead atoms. The second kappa shape index (κ2) is 6.55. The molecule has 0 radical (unpaired) electrons. The van der Waals surface area contributed by atoms with Crippen LogP contribution >= 0.6 is 0 Å². The molecule has 19 heavy (non-hydrogen) atoms. The van der Waals surface area contributed by atoms with Crippen LogP contribution in [0.2, 0.25) is 0 Å². The Hall–Kier alpha value is -0.840. The molecule has 2 heterocycles. The second-order valence-corrected chi connectivity index (χ2v) is 5.62. The van der Waals surface area contributed by atoms with Gasteiger partial charge in [0, 0.05) is 32.3 Å². The standard InChI is InChI=1S/C15H24N2O2/c1-3-14(18-9-1)11-16-7-8-17(13-5-6-13)12-15-4-2-10-19-15/h2,4,10,13-14,16H,1,3,5-9,11-12H2. The lowest BCUT2D eigenvalue weighted by molar-refractivity contribution is 0.109. The van der Waals surface area contributed by atoms with E-state index in [4.69, 9.17) is 9.15 Å². The highest BCUT2D eigenvalue weighted by Crippen LogP contribution is 2.27. The van der Waals surface area contributed by atoms with Gasteiger partial charge in [-0.05, 0) is 37.8 Å². The van der Waals surface area contributed by atoms with Crippen molar-refractivity contribution in [3.05, 3.63) is 24.2 Å². The Morgan fingerprint density at radius 2 is 2.26 bits per heavy atom. The predicted octanol–water partition coefficient (Wildman–Crippen LogP) is 2.01. The summed E-state index contributed by atoms with van der Waals surface area (Å²) >= 11 is 0. The fourth-order valence-corrected chi connectivity index (χ4v) is 2.72. The normalized spacial score (nSPS) is 23.3. The average molecular weight is 264 g/mol. The van der Waals surface area contributed by atoms with E-state index >= 15 is 0 Å². The molecule has 3 rings (SSSR count). The molecule has 0 amide bonds. The number of hydrogen-bond donors (Lipinski definition) is 1. The van der Waals surface area contributed by atoms with Crippen molar-refractivity contribution in [3.8, 4) is 0 Å². The molecule has 1 saturated heterocycles. The third kappa shape index (κ3) is 4.06. The monoisotopic (exact) mass is 264 g/mol. The zero-order valence-electron chi connectivity index (χ0n) is 11.5. The molecule has 106 valence electrons. The molecule has 1 atom stereocenters. The van der Waals surface area contributed by atoms with Gasteiger partial charge in [-0.3, -0.25) is 4.90 Å². The van der Waals surface area contributed by atoms with Crippen molar-refractivity contribution < 1.29 is 9.15 Å². The third-order valence-electron chi connectivity index (χ3n) is 3.97. The molecule has 1 aliphatic heterocycles. The summed E-state index contributed by atoms with van der Waals surface area (Å²) < 4.78 is 11.1. The van der Waals surface area contributed by atoms with Crippen LogP contribution in [-0.2, 0) is 11.3 Å². The van der Waals surface area contributed by atoms with Crippen LogP contribution < -0.4 is 5.32 Å². The molecule has 0 spiro atoms. The van der Waals surface area contributed by atoms with Gasteiger partial charge in [-0.15, -0.1) is 0 Å². The number of ether oxygens (including phenoxy) is 1. The minimum absolute atomic E-state index is 0.444. The van der Waals surface area contributed by atoms with E-state index in [0.717, 1.165) is 44.6 Å². The SMILES string of the molecule is c1coc(CN(CCNCC2CCCO2)C2CC2)c1. The molecule has 1 saturated carbocycles. The minimum Gasteiger partial charge on any atom is -0.468 e. The summed E-state index contributed by atoms with van der Waals surface area (Å²) in [5.74, 6) is 1.08. The summed E-state index contributed by atoms with van der Waals surface area (Å²) in [7, 11) is 0. The summed E-state index contributed by atoms with van der Waals surface area (Å²) in [6.45, 7) is 5.02. The highest BCUT2D eigenvalue weighted by Gasteiger charge is 2.29. The minimum atomic E-state index is 0.444. The van der Waals surface area contributed by atoms with Crippen molar-refractivity contribution in [1.29, 1.82) is 0 Å². The van der Waals surface area contributed by atoms with Gasteiger partial charge in [0.2, 0.25) is 0 Å². The molecule has 0 aromatic carbocycles. The van der Waals surface area contributed by atoms with Gasteiger partial charge in [0.05, 0.1) is 18.9 Å². The van der Waals surface area contributed by atoms with Gasteiger partial charge in [0.15, 0.2) is 0 Å². The molecular weight excluding hydrogens is 240 g/mol. The summed E-state index contributed by atoms with van der Waals surface area (Å²) in [6, 6.07) is 4.81. The number of furan rings is 1. The Bertz CT molecular complexity index is 356. The molecule has 4 heteroatoms. The number of hydrogen-bond acceptors (Lipinski definition) is 4. The van der Waals surface area contributed by atoms with Crippen molar-refractivity contribution in [2.75, 3.05) is 26.2 Å². The van der Waals surface area contributed by atoms with Crippen molar-refractivity contribution >= 4 is 0 Å². The number of nitrogens with zero attached hydrogens (tertiary/aromatic N) is 1.